The average Bonchev–Trinajstić information content (AvgIpc) is 3.40. The number of benzene rings is 1. The molecular formula is C17H17BrFN3O4. The summed E-state index contributed by atoms with van der Waals surface area (Å²) in [4.78, 5) is 28.8. The summed E-state index contributed by atoms with van der Waals surface area (Å²) in [5.41, 5.74) is 1.97. The van der Waals surface area contributed by atoms with Gasteiger partial charge >= 0.3 is 6.09 Å². The molecule has 1 aromatic carbocycles. The summed E-state index contributed by atoms with van der Waals surface area (Å²) in [6.45, 7) is 0.428. The molecule has 0 spiro atoms. The third-order valence-electron chi connectivity index (χ3n) is 3.83. The molecule has 2 N–H and O–H groups in total. The van der Waals surface area contributed by atoms with Crippen LogP contribution in [0.25, 0.3) is 0 Å². The van der Waals surface area contributed by atoms with Crippen molar-refractivity contribution in [3.8, 4) is 5.75 Å². The summed E-state index contributed by atoms with van der Waals surface area (Å²) in [6, 6.07) is 7.01. The highest BCUT2D eigenvalue weighted by Crippen LogP contribution is 2.29. The Kier molecular flexibility index (Phi) is 5.58. The van der Waals surface area contributed by atoms with Gasteiger partial charge in [-0.15, -0.1) is 0 Å². The molecule has 138 valence electrons. The van der Waals surface area contributed by atoms with E-state index in [0.717, 1.165) is 12.8 Å². The van der Waals surface area contributed by atoms with Crippen LogP contribution in [0.3, 0.4) is 0 Å². The molecule has 1 saturated carbocycles. The number of hydrogen-bond acceptors (Lipinski definition) is 5. The van der Waals surface area contributed by atoms with Crippen LogP contribution in [0.1, 0.15) is 12.8 Å². The molecule has 2 aromatic rings. The summed E-state index contributed by atoms with van der Waals surface area (Å²) in [5.74, 6) is 0.141. The predicted molar refractivity (Wildman–Crippen MR) is 96.9 cm³/mol. The smallest absolute Gasteiger partial charge is 0.405 e. The number of ether oxygens (including phenoxy) is 1. The van der Waals surface area contributed by atoms with Crippen molar-refractivity contribution in [1.82, 2.24) is 10.0 Å². The number of nitrogens with zero attached hydrogens (tertiary/aromatic N) is 1. The number of aromatic nitrogens is 1. The molecule has 1 aromatic heterocycles. The van der Waals surface area contributed by atoms with E-state index in [0.29, 0.717) is 17.0 Å². The van der Waals surface area contributed by atoms with Gasteiger partial charge in [-0.25, -0.2) is 9.18 Å². The van der Waals surface area contributed by atoms with Gasteiger partial charge in [-0.3, -0.25) is 14.2 Å². The molecule has 9 heteroatoms. The molecule has 1 aliphatic rings. The van der Waals surface area contributed by atoms with Crippen molar-refractivity contribution in [3.63, 3.8) is 0 Å². The predicted octanol–water partition coefficient (Wildman–Crippen LogP) is 3.46. The van der Waals surface area contributed by atoms with Gasteiger partial charge < -0.3 is 10.1 Å². The SMILES string of the molecule is Cn1c(Nc2ccc(Br)cc2F)c(OC(=O)NOCC2CC2)ccc1=O. The second kappa shape index (κ2) is 7.88. The fraction of sp³-hybridized carbons (Fsp3) is 0.294. The Morgan fingerprint density at radius 1 is 1.35 bits per heavy atom. The molecular weight excluding hydrogens is 409 g/mol. The van der Waals surface area contributed by atoms with E-state index in [9.17, 15) is 14.0 Å². The van der Waals surface area contributed by atoms with Gasteiger partial charge in [-0.1, -0.05) is 15.9 Å². The van der Waals surface area contributed by atoms with E-state index < -0.39 is 11.9 Å². The van der Waals surface area contributed by atoms with E-state index in [1.807, 2.05) is 0 Å². The number of carbonyl (C=O) groups excluding carboxylic acids is 1. The molecule has 0 atom stereocenters. The van der Waals surface area contributed by atoms with Crippen LogP contribution in [0.15, 0.2) is 39.6 Å². The first-order valence-corrected chi connectivity index (χ1v) is 8.75. The average molecular weight is 426 g/mol. The van der Waals surface area contributed by atoms with Gasteiger partial charge in [0, 0.05) is 17.6 Å². The number of rotatable bonds is 6. The van der Waals surface area contributed by atoms with Crippen molar-refractivity contribution >= 4 is 33.5 Å². The first kappa shape index (κ1) is 18.4. The van der Waals surface area contributed by atoms with Crippen molar-refractivity contribution in [2.75, 3.05) is 11.9 Å². The number of carbonyl (C=O) groups is 1. The highest BCUT2D eigenvalue weighted by atomic mass is 79.9. The maximum Gasteiger partial charge on any atom is 0.436 e. The first-order chi connectivity index (χ1) is 12.4. The molecule has 0 saturated heterocycles. The molecule has 1 heterocycles. The summed E-state index contributed by atoms with van der Waals surface area (Å²) < 4.78 is 21.1. The fourth-order valence-corrected chi connectivity index (χ4v) is 2.52. The highest BCUT2D eigenvalue weighted by Gasteiger charge is 2.22. The Bertz CT molecular complexity index is 883. The molecule has 3 rings (SSSR count). The first-order valence-electron chi connectivity index (χ1n) is 7.96. The van der Waals surface area contributed by atoms with Gasteiger partial charge in [0.05, 0.1) is 12.3 Å². The Hall–Kier alpha value is -2.39. The van der Waals surface area contributed by atoms with Gasteiger partial charge in [0.25, 0.3) is 5.56 Å². The van der Waals surface area contributed by atoms with Crippen molar-refractivity contribution in [1.29, 1.82) is 0 Å². The van der Waals surface area contributed by atoms with Gasteiger partial charge in [0.15, 0.2) is 11.6 Å². The zero-order valence-electron chi connectivity index (χ0n) is 13.9. The topological polar surface area (TPSA) is 81.6 Å². The van der Waals surface area contributed by atoms with Crippen molar-refractivity contribution in [2.45, 2.75) is 12.8 Å². The van der Waals surface area contributed by atoms with Crippen LogP contribution in [0.2, 0.25) is 0 Å². The number of amides is 1. The van der Waals surface area contributed by atoms with Crippen molar-refractivity contribution in [3.05, 3.63) is 51.0 Å². The summed E-state index contributed by atoms with van der Waals surface area (Å²) in [7, 11) is 1.48. The molecule has 1 amide bonds. The van der Waals surface area contributed by atoms with Crippen molar-refractivity contribution in [2.24, 2.45) is 13.0 Å². The van der Waals surface area contributed by atoms with Crippen LogP contribution in [-0.2, 0) is 11.9 Å². The lowest BCUT2D eigenvalue weighted by molar-refractivity contribution is 0.0392. The monoisotopic (exact) mass is 425 g/mol. The van der Waals surface area contributed by atoms with Gasteiger partial charge in [-0.05, 0) is 43.0 Å². The third-order valence-corrected chi connectivity index (χ3v) is 4.33. The molecule has 7 nitrogen and oxygen atoms in total. The normalized spacial score (nSPS) is 13.3. The minimum Gasteiger partial charge on any atom is -0.405 e. The van der Waals surface area contributed by atoms with E-state index in [2.05, 4.69) is 26.7 Å². The number of hydrogen-bond donors (Lipinski definition) is 2. The lowest BCUT2D eigenvalue weighted by Crippen LogP contribution is -2.29. The second-order valence-corrected chi connectivity index (χ2v) is 6.85. The largest absolute Gasteiger partial charge is 0.436 e. The lowest BCUT2D eigenvalue weighted by atomic mass is 10.3. The van der Waals surface area contributed by atoms with Crippen LogP contribution in [-0.4, -0.2) is 17.3 Å². The van der Waals surface area contributed by atoms with E-state index in [1.54, 1.807) is 6.07 Å². The van der Waals surface area contributed by atoms with Gasteiger partial charge in [0.1, 0.15) is 5.82 Å². The van der Waals surface area contributed by atoms with Crippen LogP contribution in [0.5, 0.6) is 5.75 Å². The Balaban J connectivity index is 1.77. The van der Waals surface area contributed by atoms with E-state index in [1.165, 1.54) is 35.9 Å². The number of pyridine rings is 1. The van der Waals surface area contributed by atoms with Gasteiger partial charge in [0.2, 0.25) is 0 Å². The van der Waals surface area contributed by atoms with E-state index >= 15 is 0 Å². The number of anilines is 2. The minimum absolute atomic E-state index is 0.0574. The molecule has 1 aliphatic carbocycles. The molecule has 0 bridgehead atoms. The summed E-state index contributed by atoms with van der Waals surface area (Å²) in [5, 5.41) is 2.79. The standard InChI is InChI=1S/C17H17BrFN3O4/c1-22-15(23)7-6-14(26-17(24)21-25-9-10-2-3-10)16(22)20-13-5-4-11(18)8-12(13)19/h4-8,10,20H,2-3,9H2,1H3,(H,21,24). The van der Waals surface area contributed by atoms with Crippen LogP contribution >= 0.6 is 15.9 Å². The number of hydroxylamine groups is 1. The zero-order valence-corrected chi connectivity index (χ0v) is 15.5. The van der Waals surface area contributed by atoms with Crippen LogP contribution in [0, 0.1) is 11.7 Å². The summed E-state index contributed by atoms with van der Waals surface area (Å²) in [6.07, 6.45) is 1.35. The maximum atomic E-state index is 14.1. The van der Waals surface area contributed by atoms with Crippen LogP contribution < -0.4 is 21.1 Å². The molecule has 0 unspecified atom stereocenters. The highest BCUT2D eigenvalue weighted by molar-refractivity contribution is 9.10. The maximum absolute atomic E-state index is 14.1. The van der Waals surface area contributed by atoms with Crippen molar-refractivity contribution < 1.29 is 18.8 Å². The zero-order chi connectivity index (χ0) is 18.7. The molecule has 1 fully saturated rings. The quantitative estimate of drug-likeness (QED) is 0.692. The number of halogens is 2. The minimum atomic E-state index is -0.830. The molecule has 26 heavy (non-hydrogen) atoms. The Morgan fingerprint density at radius 2 is 2.12 bits per heavy atom. The third kappa shape index (κ3) is 4.61. The molecule has 0 aliphatic heterocycles. The van der Waals surface area contributed by atoms with E-state index in [4.69, 9.17) is 9.57 Å². The van der Waals surface area contributed by atoms with Crippen LogP contribution in [0.4, 0.5) is 20.7 Å². The second-order valence-electron chi connectivity index (χ2n) is 5.94. The van der Waals surface area contributed by atoms with Gasteiger partial charge in [-0.2, -0.15) is 5.48 Å². The number of nitrogens with one attached hydrogen (secondary N) is 2. The lowest BCUT2D eigenvalue weighted by Gasteiger charge is -2.16. The Morgan fingerprint density at radius 3 is 2.81 bits per heavy atom. The Labute approximate surface area is 157 Å². The summed E-state index contributed by atoms with van der Waals surface area (Å²) >= 11 is 3.18. The van der Waals surface area contributed by atoms with E-state index in [-0.39, 0.29) is 22.8 Å². The molecule has 0 radical (unpaired) electrons. The fourth-order valence-electron chi connectivity index (χ4n) is 2.18.